The van der Waals surface area contributed by atoms with Crippen molar-refractivity contribution >= 4 is 17.4 Å². The van der Waals surface area contributed by atoms with Gasteiger partial charge in [-0.1, -0.05) is 13.3 Å². The van der Waals surface area contributed by atoms with Crippen LogP contribution in [0.2, 0.25) is 0 Å². The number of nitrogens with two attached hydrogens (primary N) is 1. The average molecular weight is 245 g/mol. The zero-order chi connectivity index (χ0) is 13.0. The van der Waals surface area contributed by atoms with Gasteiger partial charge in [-0.25, -0.2) is 4.98 Å². The van der Waals surface area contributed by atoms with E-state index in [-0.39, 0.29) is 5.91 Å². The van der Waals surface area contributed by atoms with E-state index in [2.05, 4.69) is 27.4 Å². The summed E-state index contributed by atoms with van der Waals surface area (Å²) >= 11 is 0. The lowest BCUT2D eigenvalue weighted by Crippen LogP contribution is -2.13. The van der Waals surface area contributed by atoms with E-state index in [4.69, 9.17) is 5.73 Å². The van der Waals surface area contributed by atoms with Crippen molar-refractivity contribution in [3.8, 4) is 0 Å². The number of pyridine rings is 1. The maximum atomic E-state index is 12.0. The molecule has 0 saturated carbocycles. The van der Waals surface area contributed by atoms with E-state index >= 15 is 0 Å². The lowest BCUT2D eigenvalue weighted by Gasteiger charge is -2.06. The molecule has 0 aliphatic heterocycles. The van der Waals surface area contributed by atoms with Gasteiger partial charge in [0.25, 0.3) is 5.91 Å². The number of nitrogens with zero attached hydrogens (tertiary/aromatic N) is 2. The van der Waals surface area contributed by atoms with Crippen molar-refractivity contribution in [3.05, 3.63) is 35.8 Å². The standard InChI is InChI=1S/C12H15N5O/c1-2-3-9-4-8(5-11(13)16-9)12(18)17-10-6-14-15-7-10/h4-7H,2-3H2,1H3,(H2,13,16)(H,14,15)(H,17,18). The molecule has 4 N–H and O–H groups in total. The Morgan fingerprint density at radius 3 is 3.00 bits per heavy atom. The van der Waals surface area contributed by atoms with Crippen molar-refractivity contribution in [2.24, 2.45) is 0 Å². The molecule has 94 valence electrons. The highest BCUT2D eigenvalue weighted by Crippen LogP contribution is 2.12. The van der Waals surface area contributed by atoms with Gasteiger partial charge in [-0.15, -0.1) is 0 Å². The van der Waals surface area contributed by atoms with Crippen LogP contribution in [-0.2, 0) is 6.42 Å². The van der Waals surface area contributed by atoms with Crippen molar-refractivity contribution in [1.29, 1.82) is 0 Å². The van der Waals surface area contributed by atoms with Crippen LogP contribution in [0.25, 0.3) is 0 Å². The zero-order valence-electron chi connectivity index (χ0n) is 10.1. The van der Waals surface area contributed by atoms with E-state index < -0.39 is 0 Å². The summed E-state index contributed by atoms with van der Waals surface area (Å²) in [6.07, 6.45) is 4.90. The third-order valence-electron chi connectivity index (χ3n) is 2.42. The van der Waals surface area contributed by atoms with E-state index in [1.807, 2.05) is 0 Å². The van der Waals surface area contributed by atoms with Crippen molar-refractivity contribution in [2.45, 2.75) is 19.8 Å². The number of aromatic nitrogens is 3. The van der Waals surface area contributed by atoms with E-state index in [1.54, 1.807) is 18.3 Å². The summed E-state index contributed by atoms with van der Waals surface area (Å²) in [5.41, 5.74) is 7.64. The number of H-pyrrole nitrogens is 1. The molecule has 0 unspecified atom stereocenters. The van der Waals surface area contributed by atoms with Crippen LogP contribution in [0.15, 0.2) is 24.5 Å². The van der Waals surface area contributed by atoms with Crippen molar-refractivity contribution < 1.29 is 4.79 Å². The highest BCUT2D eigenvalue weighted by Gasteiger charge is 2.09. The molecule has 0 aliphatic rings. The number of amides is 1. The Hall–Kier alpha value is -2.37. The van der Waals surface area contributed by atoms with Gasteiger partial charge < -0.3 is 11.1 Å². The van der Waals surface area contributed by atoms with E-state index in [0.717, 1.165) is 18.5 Å². The fraction of sp³-hybridized carbons (Fsp3) is 0.250. The first kappa shape index (κ1) is 12.1. The Kier molecular flexibility index (Phi) is 3.57. The molecule has 6 heteroatoms. The number of anilines is 2. The summed E-state index contributed by atoms with van der Waals surface area (Å²) in [7, 11) is 0. The predicted molar refractivity (Wildman–Crippen MR) is 69.2 cm³/mol. The number of aromatic amines is 1. The predicted octanol–water partition coefficient (Wildman–Crippen LogP) is 1.59. The van der Waals surface area contributed by atoms with Crippen LogP contribution in [0.4, 0.5) is 11.5 Å². The largest absolute Gasteiger partial charge is 0.384 e. The first-order valence-electron chi connectivity index (χ1n) is 5.75. The maximum Gasteiger partial charge on any atom is 0.255 e. The van der Waals surface area contributed by atoms with E-state index in [9.17, 15) is 4.79 Å². The van der Waals surface area contributed by atoms with Gasteiger partial charge >= 0.3 is 0 Å². The SMILES string of the molecule is CCCc1cc(C(=O)Nc2cn[nH]c2)cc(N)n1. The Bertz CT molecular complexity index is 535. The number of nitrogens with one attached hydrogen (secondary N) is 2. The molecule has 6 nitrogen and oxygen atoms in total. The Balaban J connectivity index is 2.19. The summed E-state index contributed by atoms with van der Waals surface area (Å²) in [6.45, 7) is 2.05. The van der Waals surface area contributed by atoms with Gasteiger partial charge in [-0.2, -0.15) is 5.10 Å². The Morgan fingerprint density at radius 2 is 2.33 bits per heavy atom. The van der Waals surface area contributed by atoms with Gasteiger partial charge in [0.2, 0.25) is 0 Å². The molecule has 2 aromatic heterocycles. The molecule has 1 amide bonds. The molecule has 0 fully saturated rings. The first-order valence-corrected chi connectivity index (χ1v) is 5.75. The van der Waals surface area contributed by atoms with Crippen LogP contribution in [-0.4, -0.2) is 21.1 Å². The number of hydrogen-bond donors (Lipinski definition) is 3. The highest BCUT2D eigenvalue weighted by atomic mass is 16.1. The lowest BCUT2D eigenvalue weighted by atomic mass is 10.1. The van der Waals surface area contributed by atoms with E-state index in [0.29, 0.717) is 17.1 Å². The second-order valence-electron chi connectivity index (χ2n) is 3.96. The molecule has 0 atom stereocenters. The summed E-state index contributed by atoms with van der Waals surface area (Å²) < 4.78 is 0. The second-order valence-corrected chi connectivity index (χ2v) is 3.96. The zero-order valence-corrected chi connectivity index (χ0v) is 10.1. The monoisotopic (exact) mass is 245 g/mol. The van der Waals surface area contributed by atoms with Gasteiger partial charge in [-0.3, -0.25) is 9.89 Å². The molecule has 0 spiro atoms. The summed E-state index contributed by atoms with van der Waals surface area (Å²) in [5, 5.41) is 9.10. The van der Waals surface area contributed by atoms with Crippen LogP contribution >= 0.6 is 0 Å². The van der Waals surface area contributed by atoms with Gasteiger partial charge in [0.05, 0.1) is 11.9 Å². The molecular weight excluding hydrogens is 230 g/mol. The van der Waals surface area contributed by atoms with Gasteiger partial charge in [0.1, 0.15) is 5.82 Å². The molecular formula is C12H15N5O. The first-order chi connectivity index (χ1) is 8.69. The Morgan fingerprint density at radius 1 is 1.50 bits per heavy atom. The fourth-order valence-electron chi connectivity index (χ4n) is 1.65. The minimum absolute atomic E-state index is 0.220. The number of hydrogen-bond acceptors (Lipinski definition) is 4. The third kappa shape index (κ3) is 2.85. The molecule has 0 bridgehead atoms. The summed E-state index contributed by atoms with van der Waals surface area (Å²) in [4.78, 5) is 16.2. The maximum absolute atomic E-state index is 12.0. The molecule has 0 radical (unpaired) electrons. The molecule has 18 heavy (non-hydrogen) atoms. The minimum atomic E-state index is -0.220. The summed E-state index contributed by atoms with van der Waals surface area (Å²) in [5.74, 6) is 0.140. The van der Waals surface area contributed by atoms with Gasteiger partial charge in [-0.05, 0) is 18.6 Å². The third-order valence-corrected chi connectivity index (χ3v) is 2.42. The number of rotatable bonds is 4. The number of carbonyl (C=O) groups excluding carboxylic acids is 1. The quantitative estimate of drug-likeness (QED) is 0.762. The van der Waals surface area contributed by atoms with Crippen molar-refractivity contribution in [2.75, 3.05) is 11.1 Å². The molecule has 2 aromatic rings. The molecule has 2 rings (SSSR count). The molecule has 0 aromatic carbocycles. The van der Waals surface area contributed by atoms with Gasteiger partial charge in [0, 0.05) is 17.5 Å². The van der Waals surface area contributed by atoms with E-state index in [1.165, 1.54) is 6.20 Å². The second kappa shape index (κ2) is 5.31. The molecule has 0 aliphatic carbocycles. The number of nitrogen functional groups attached to an aromatic ring is 1. The normalized spacial score (nSPS) is 10.3. The smallest absolute Gasteiger partial charge is 0.255 e. The van der Waals surface area contributed by atoms with Crippen LogP contribution in [0.1, 0.15) is 29.4 Å². The van der Waals surface area contributed by atoms with Crippen molar-refractivity contribution in [3.63, 3.8) is 0 Å². The minimum Gasteiger partial charge on any atom is -0.384 e. The number of aryl methyl sites for hydroxylation is 1. The molecule has 0 saturated heterocycles. The van der Waals surface area contributed by atoms with Crippen LogP contribution < -0.4 is 11.1 Å². The van der Waals surface area contributed by atoms with Crippen molar-refractivity contribution in [1.82, 2.24) is 15.2 Å². The number of carbonyl (C=O) groups is 1. The summed E-state index contributed by atoms with van der Waals surface area (Å²) in [6, 6.07) is 3.32. The molecule has 2 heterocycles. The topological polar surface area (TPSA) is 96.7 Å². The fourth-order valence-corrected chi connectivity index (χ4v) is 1.65. The van der Waals surface area contributed by atoms with Crippen LogP contribution in [0, 0.1) is 0 Å². The van der Waals surface area contributed by atoms with Crippen LogP contribution in [0.5, 0.6) is 0 Å². The van der Waals surface area contributed by atoms with Crippen LogP contribution in [0.3, 0.4) is 0 Å². The lowest BCUT2D eigenvalue weighted by molar-refractivity contribution is 0.102. The van der Waals surface area contributed by atoms with Gasteiger partial charge in [0.15, 0.2) is 0 Å². The Labute approximate surface area is 105 Å². The highest BCUT2D eigenvalue weighted by molar-refractivity contribution is 6.04. The average Bonchev–Trinajstić information content (AvgIpc) is 2.81.